The highest BCUT2D eigenvalue weighted by atomic mass is 16.4. The topological polar surface area (TPSA) is 63.3 Å². The third-order valence-corrected chi connectivity index (χ3v) is 2.74. The molecule has 0 amide bonds. The second-order valence-corrected chi connectivity index (χ2v) is 3.79. The number of carboxylic acid groups (broad SMARTS) is 1. The molecule has 0 aliphatic carbocycles. The van der Waals surface area contributed by atoms with E-state index in [0.29, 0.717) is 11.5 Å². The Hall–Kier alpha value is -1.35. The van der Waals surface area contributed by atoms with Gasteiger partial charge in [-0.3, -0.25) is 4.79 Å². The highest BCUT2D eigenvalue weighted by Gasteiger charge is 2.14. The van der Waals surface area contributed by atoms with Crippen LogP contribution in [0.5, 0.6) is 0 Å². The van der Waals surface area contributed by atoms with E-state index in [1.807, 2.05) is 12.1 Å². The predicted molar refractivity (Wildman–Crippen MR) is 59.7 cm³/mol. The van der Waals surface area contributed by atoms with E-state index in [-0.39, 0.29) is 0 Å². The highest BCUT2D eigenvalue weighted by molar-refractivity contribution is 5.75. The fourth-order valence-corrected chi connectivity index (χ4v) is 1.41. The van der Waals surface area contributed by atoms with Crippen molar-refractivity contribution in [3.05, 3.63) is 35.4 Å². The fourth-order valence-electron chi connectivity index (χ4n) is 1.41. The van der Waals surface area contributed by atoms with Gasteiger partial charge in [-0.2, -0.15) is 0 Å². The summed E-state index contributed by atoms with van der Waals surface area (Å²) in [7, 11) is 0. The first-order chi connectivity index (χ1) is 7.06. The van der Waals surface area contributed by atoms with E-state index in [9.17, 15) is 4.79 Å². The molecule has 82 valence electrons. The molecule has 0 saturated heterocycles. The molecule has 0 saturated carbocycles. The highest BCUT2D eigenvalue weighted by Crippen LogP contribution is 2.20. The SMILES string of the molecule is CCC(C)c1ccc(C(N)C(=O)O)cc1. The molecule has 1 aromatic carbocycles. The second-order valence-electron chi connectivity index (χ2n) is 3.79. The minimum Gasteiger partial charge on any atom is -0.480 e. The number of benzene rings is 1. The van der Waals surface area contributed by atoms with Crippen LogP contribution in [0.3, 0.4) is 0 Å². The molecule has 0 aromatic heterocycles. The van der Waals surface area contributed by atoms with E-state index in [1.165, 1.54) is 5.56 Å². The molecule has 0 aliphatic heterocycles. The molecule has 3 N–H and O–H groups in total. The molecule has 0 fully saturated rings. The Kier molecular flexibility index (Phi) is 3.86. The fraction of sp³-hybridized carbons (Fsp3) is 0.417. The van der Waals surface area contributed by atoms with Crippen LogP contribution in [0.1, 0.15) is 43.4 Å². The van der Waals surface area contributed by atoms with E-state index < -0.39 is 12.0 Å². The lowest BCUT2D eigenvalue weighted by molar-refractivity contribution is -0.138. The minimum absolute atomic E-state index is 0.500. The number of hydrogen-bond donors (Lipinski definition) is 2. The normalized spacial score (nSPS) is 14.6. The van der Waals surface area contributed by atoms with Gasteiger partial charge >= 0.3 is 5.97 Å². The smallest absolute Gasteiger partial charge is 0.325 e. The Bertz CT molecular complexity index is 332. The first-order valence-corrected chi connectivity index (χ1v) is 5.14. The van der Waals surface area contributed by atoms with Gasteiger partial charge in [-0.15, -0.1) is 0 Å². The predicted octanol–water partition coefficient (Wildman–Crippen LogP) is 2.28. The summed E-state index contributed by atoms with van der Waals surface area (Å²) < 4.78 is 0. The zero-order valence-corrected chi connectivity index (χ0v) is 9.10. The van der Waals surface area contributed by atoms with Gasteiger partial charge in [0.1, 0.15) is 6.04 Å². The molecule has 3 nitrogen and oxygen atoms in total. The summed E-state index contributed by atoms with van der Waals surface area (Å²) in [6.07, 6.45) is 1.07. The first-order valence-electron chi connectivity index (χ1n) is 5.14. The summed E-state index contributed by atoms with van der Waals surface area (Å²) in [6.45, 7) is 4.27. The molecular weight excluding hydrogens is 190 g/mol. The Labute approximate surface area is 89.9 Å². The van der Waals surface area contributed by atoms with Crippen molar-refractivity contribution in [2.24, 2.45) is 5.73 Å². The maximum Gasteiger partial charge on any atom is 0.325 e. The molecule has 0 spiro atoms. The monoisotopic (exact) mass is 207 g/mol. The number of carbonyl (C=O) groups is 1. The molecule has 3 heteroatoms. The van der Waals surface area contributed by atoms with Crippen LogP contribution >= 0.6 is 0 Å². The van der Waals surface area contributed by atoms with E-state index in [2.05, 4.69) is 13.8 Å². The van der Waals surface area contributed by atoms with Crippen LogP contribution in [0.25, 0.3) is 0 Å². The quantitative estimate of drug-likeness (QED) is 0.796. The van der Waals surface area contributed by atoms with E-state index in [0.717, 1.165) is 6.42 Å². The van der Waals surface area contributed by atoms with Gasteiger partial charge in [0.05, 0.1) is 0 Å². The Morgan fingerprint density at radius 2 is 1.80 bits per heavy atom. The molecule has 0 heterocycles. The van der Waals surface area contributed by atoms with Crippen LogP contribution in [0.2, 0.25) is 0 Å². The van der Waals surface area contributed by atoms with Crippen molar-refractivity contribution in [2.75, 3.05) is 0 Å². The molecule has 0 bridgehead atoms. The van der Waals surface area contributed by atoms with Crippen molar-refractivity contribution in [3.8, 4) is 0 Å². The number of carboxylic acids is 1. The van der Waals surface area contributed by atoms with Gasteiger partial charge in [0.15, 0.2) is 0 Å². The lowest BCUT2D eigenvalue weighted by Gasteiger charge is -2.11. The molecule has 1 aromatic rings. The number of nitrogens with two attached hydrogens (primary N) is 1. The third-order valence-electron chi connectivity index (χ3n) is 2.74. The molecule has 2 atom stereocenters. The summed E-state index contributed by atoms with van der Waals surface area (Å²) >= 11 is 0. The van der Waals surface area contributed by atoms with Gasteiger partial charge in [0, 0.05) is 0 Å². The molecule has 1 rings (SSSR count). The lowest BCUT2D eigenvalue weighted by atomic mass is 9.96. The lowest BCUT2D eigenvalue weighted by Crippen LogP contribution is -2.20. The van der Waals surface area contributed by atoms with Crippen molar-refractivity contribution in [1.29, 1.82) is 0 Å². The first kappa shape index (κ1) is 11.7. The van der Waals surface area contributed by atoms with E-state index in [4.69, 9.17) is 10.8 Å². The molecule has 15 heavy (non-hydrogen) atoms. The van der Waals surface area contributed by atoms with Crippen molar-refractivity contribution < 1.29 is 9.90 Å². The van der Waals surface area contributed by atoms with Gasteiger partial charge in [0.25, 0.3) is 0 Å². The molecular formula is C12H17NO2. The van der Waals surface area contributed by atoms with Crippen LogP contribution in [-0.2, 0) is 4.79 Å². The maximum absolute atomic E-state index is 10.6. The molecule has 0 radical (unpaired) electrons. The van der Waals surface area contributed by atoms with Gasteiger partial charge < -0.3 is 10.8 Å². The van der Waals surface area contributed by atoms with Crippen molar-refractivity contribution in [3.63, 3.8) is 0 Å². The average molecular weight is 207 g/mol. The van der Waals surface area contributed by atoms with Crippen LogP contribution < -0.4 is 5.73 Å². The van der Waals surface area contributed by atoms with Crippen LogP contribution in [0.15, 0.2) is 24.3 Å². The van der Waals surface area contributed by atoms with Crippen molar-refractivity contribution in [1.82, 2.24) is 0 Å². The molecule has 2 unspecified atom stereocenters. The largest absolute Gasteiger partial charge is 0.480 e. The number of hydrogen-bond acceptors (Lipinski definition) is 2. The van der Waals surface area contributed by atoms with E-state index in [1.54, 1.807) is 12.1 Å². The van der Waals surface area contributed by atoms with Crippen molar-refractivity contribution >= 4 is 5.97 Å². The zero-order chi connectivity index (χ0) is 11.4. The Morgan fingerprint density at radius 1 is 1.33 bits per heavy atom. The second kappa shape index (κ2) is 4.94. The Morgan fingerprint density at radius 3 is 2.20 bits per heavy atom. The van der Waals surface area contributed by atoms with E-state index >= 15 is 0 Å². The van der Waals surface area contributed by atoms with Crippen LogP contribution in [0, 0.1) is 0 Å². The summed E-state index contributed by atoms with van der Waals surface area (Å²) in [6, 6.07) is 6.56. The van der Waals surface area contributed by atoms with Crippen LogP contribution in [-0.4, -0.2) is 11.1 Å². The minimum atomic E-state index is -0.994. The van der Waals surface area contributed by atoms with Gasteiger partial charge in [-0.1, -0.05) is 38.1 Å². The van der Waals surface area contributed by atoms with Gasteiger partial charge in [-0.25, -0.2) is 0 Å². The summed E-state index contributed by atoms with van der Waals surface area (Å²) in [5.74, 6) is -0.494. The summed E-state index contributed by atoms with van der Waals surface area (Å²) in [4.78, 5) is 10.6. The Balaban J connectivity index is 2.85. The summed E-state index contributed by atoms with van der Waals surface area (Å²) in [5.41, 5.74) is 7.37. The standard InChI is InChI=1S/C12H17NO2/c1-3-8(2)9-4-6-10(7-5-9)11(13)12(14)15/h4-8,11H,3,13H2,1-2H3,(H,14,15). The number of aliphatic carboxylic acids is 1. The van der Waals surface area contributed by atoms with Crippen LogP contribution in [0.4, 0.5) is 0 Å². The van der Waals surface area contributed by atoms with Crippen molar-refractivity contribution in [2.45, 2.75) is 32.2 Å². The molecule has 0 aliphatic rings. The van der Waals surface area contributed by atoms with Gasteiger partial charge in [-0.05, 0) is 23.5 Å². The number of rotatable bonds is 4. The third kappa shape index (κ3) is 2.80. The van der Waals surface area contributed by atoms with Gasteiger partial charge in [0.2, 0.25) is 0 Å². The zero-order valence-electron chi connectivity index (χ0n) is 9.10. The maximum atomic E-state index is 10.6. The summed E-state index contributed by atoms with van der Waals surface area (Å²) in [5, 5.41) is 8.74. The average Bonchev–Trinajstić information content (AvgIpc) is 2.27.